The molecule has 1 heterocycles. The van der Waals surface area contributed by atoms with Crippen molar-refractivity contribution in [2.45, 2.75) is 0 Å². The quantitative estimate of drug-likeness (QED) is 0.810. The maximum atomic E-state index is 11.9. The maximum Gasteiger partial charge on any atom is 0.263 e. The van der Waals surface area contributed by atoms with E-state index in [1.54, 1.807) is 18.2 Å². The van der Waals surface area contributed by atoms with E-state index in [0.717, 1.165) is 4.70 Å². The zero-order valence-electron chi connectivity index (χ0n) is 9.10. The lowest BCUT2D eigenvalue weighted by atomic mass is 10.2. The Labute approximate surface area is 123 Å². The average molecular weight is 321 g/mol. The van der Waals surface area contributed by atoms with Gasteiger partial charge in [-0.15, -0.1) is 17.9 Å². The molecule has 0 saturated heterocycles. The van der Waals surface area contributed by atoms with E-state index in [2.05, 4.69) is 11.9 Å². The van der Waals surface area contributed by atoms with Crippen molar-refractivity contribution in [1.82, 2.24) is 5.32 Å². The fourth-order valence-electron chi connectivity index (χ4n) is 1.50. The Hall–Kier alpha value is -0.740. The summed E-state index contributed by atoms with van der Waals surface area (Å²) in [6.45, 7) is 3.92. The van der Waals surface area contributed by atoms with Crippen molar-refractivity contribution in [3.63, 3.8) is 0 Å². The summed E-state index contributed by atoms with van der Waals surface area (Å²) in [7, 11) is 0. The third-order valence-corrected chi connectivity index (χ3v) is 4.40. The minimum absolute atomic E-state index is 0.242. The average Bonchev–Trinajstić information content (AvgIpc) is 2.63. The first-order chi connectivity index (χ1) is 8.54. The number of thiophene rings is 1. The van der Waals surface area contributed by atoms with Crippen molar-refractivity contribution in [3.8, 4) is 0 Å². The molecule has 0 spiro atoms. The number of carbonyl (C=O) groups excluding carboxylic acids is 1. The van der Waals surface area contributed by atoms with Gasteiger partial charge in [-0.05, 0) is 12.1 Å². The van der Waals surface area contributed by atoms with Crippen LogP contribution in [-0.4, -0.2) is 12.5 Å². The predicted octanol–water partition coefficient (Wildman–Crippen LogP) is 4.78. The molecule has 0 aliphatic carbocycles. The lowest BCUT2D eigenvalue weighted by Gasteiger charge is -1.99. The van der Waals surface area contributed by atoms with Gasteiger partial charge in [0, 0.05) is 21.7 Å². The van der Waals surface area contributed by atoms with Crippen LogP contribution in [0.3, 0.4) is 0 Å². The summed E-state index contributed by atoms with van der Waals surface area (Å²) in [5.41, 5.74) is 0. The standard InChI is InChI=1S/C12H8Cl3NOS/c1-2-3-16-12(17)11-10(15)9-7(14)4-6(13)5-8(9)18-11/h2,4-5H,1,3H2,(H,16,17). The molecule has 18 heavy (non-hydrogen) atoms. The molecule has 2 rings (SSSR count). The maximum absolute atomic E-state index is 11.9. The number of amides is 1. The van der Waals surface area contributed by atoms with Gasteiger partial charge in [0.2, 0.25) is 0 Å². The molecule has 0 aliphatic heterocycles. The number of halogens is 3. The Balaban J connectivity index is 2.53. The van der Waals surface area contributed by atoms with Gasteiger partial charge in [0.25, 0.3) is 5.91 Å². The Morgan fingerprint density at radius 1 is 1.39 bits per heavy atom. The second-order valence-corrected chi connectivity index (χ2v) is 5.78. The largest absolute Gasteiger partial charge is 0.348 e. The molecule has 1 aromatic heterocycles. The summed E-state index contributed by atoms with van der Waals surface area (Å²) in [4.78, 5) is 12.3. The van der Waals surface area contributed by atoms with Crippen LogP contribution in [-0.2, 0) is 0 Å². The van der Waals surface area contributed by atoms with Crippen molar-refractivity contribution in [1.29, 1.82) is 0 Å². The van der Waals surface area contributed by atoms with Crippen LogP contribution in [0.2, 0.25) is 15.1 Å². The van der Waals surface area contributed by atoms with Crippen LogP contribution in [0.25, 0.3) is 10.1 Å². The van der Waals surface area contributed by atoms with Crippen LogP contribution in [0.4, 0.5) is 0 Å². The SMILES string of the molecule is C=CCNC(=O)c1sc2cc(Cl)cc(Cl)c2c1Cl. The van der Waals surface area contributed by atoms with Crippen LogP contribution in [0, 0.1) is 0 Å². The molecular weight excluding hydrogens is 313 g/mol. The van der Waals surface area contributed by atoms with Crippen molar-refractivity contribution in [2.24, 2.45) is 0 Å². The molecule has 0 aliphatic rings. The van der Waals surface area contributed by atoms with Crippen molar-refractivity contribution in [3.05, 3.63) is 44.7 Å². The van der Waals surface area contributed by atoms with E-state index in [0.29, 0.717) is 31.9 Å². The Morgan fingerprint density at radius 2 is 2.11 bits per heavy atom. The first-order valence-electron chi connectivity index (χ1n) is 5.00. The molecular formula is C12H8Cl3NOS. The lowest BCUT2D eigenvalue weighted by Crippen LogP contribution is -2.22. The van der Waals surface area contributed by atoms with Crippen LogP contribution in [0.5, 0.6) is 0 Å². The monoisotopic (exact) mass is 319 g/mol. The highest BCUT2D eigenvalue weighted by molar-refractivity contribution is 7.21. The first-order valence-corrected chi connectivity index (χ1v) is 6.95. The fraction of sp³-hybridized carbons (Fsp3) is 0.0833. The first kappa shape index (κ1) is 13.7. The van der Waals surface area contributed by atoms with Gasteiger partial charge in [-0.1, -0.05) is 40.9 Å². The van der Waals surface area contributed by atoms with Gasteiger partial charge in [-0.2, -0.15) is 0 Å². The van der Waals surface area contributed by atoms with E-state index < -0.39 is 0 Å². The second kappa shape index (κ2) is 5.49. The van der Waals surface area contributed by atoms with E-state index in [4.69, 9.17) is 34.8 Å². The van der Waals surface area contributed by atoms with Crippen LogP contribution in [0.15, 0.2) is 24.8 Å². The predicted molar refractivity (Wildman–Crippen MR) is 79.4 cm³/mol. The second-order valence-electron chi connectivity index (χ2n) is 3.50. The van der Waals surface area contributed by atoms with Crippen LogP contribution in [0.1, 0.15) is 9.67 Å². The van der Waals surface area contributed by atoms with Gasteiger partial charge in [0.15, 0.2) is 0 Å². The summed E-state index contributed by atoms with van der Waals surface area (Å²) in [6, 6.07) is 3.35. The van der Waals surface area contributed by atoms with Gasteiger partial charge in [-0.25, -0.2) is 0 Å². The van der Waals surface area contributed by atoms with Gasteiger partial charge in [-0.3, -0.25) is 4.79 Å². The molecule has 1 aromatic carbocycles. The van der Waals surface area contributed by atoms with Crippen molar-refractivity contribution < 1.29 is 4.79 Å². The molecule has 6 heteroatoms. The van der Waals surface area contributed by atoms with Gasteiger partial charge >= 0.3 is 0 Å². The van der Waals surface area contributed by atoms with Crippen LogP contribution < -0.4 is 5.32 Å². The summed E-state index contributed by atoms with van der Waals surface area (Å²) in [5, 5.41) is 4.66. The highest BCUT2D eigenvalue weighted by atomic mass is 35.5. The van der Waals surface area contributed by atoms with Crippen LogP contribution >= 0.6 is 46.1 Å². The number of nitrogens with one attached hydrogen (secondary N) is 1. The molecule has 0 bridgehead atoms. The van der Waals surface area contributed by atoms with Crippen molar-refractivity contribution in [2.75, 3.05) is 6.54 Å². The normalized spacial score (nSPS) is 10.6. The number of rotatable bonds is 3. The van der Waals surface area contributed by atoms with E-state index in [1.165, 1.54) is 11.3 Å². The summed E-state index contributed by atoms with van der Waals surface area (Å²) < 4.78 is 0.793. The molecule has 1 amide bonds. The number of hydrogen-bond donors (Lipinski definition) is 1. The zero-order chi connectivity index (χ0) is 13.3. The van der Waals surface area contributed by atoms with Gasteiger partial charge in [0.05, 0.1) is 10.0 Å². The van der Waals surface area contributed by atoms with Crippen molar-refractivity contribution >= 4 is 62.1 Å². The molecule has 0 atom stereocenters. The molecule has 1 N–H and O–H groups in total. The highest BCUT2D eigenvalue weighted by Gasteiger charge is 2.18. The summed E-state index contributed by atoms with van der Waals surface area (Å²) in [5.74, 6) is -0.242. The highest BCUT2D eigenvalue weighted by Crippen LogP contribution is 2.41. The minimum atomic E-state index is -0.242. The van der Waals surface area contributed by atoms with Gasteiger partial charge < -0.3 is 5.32 Å². The smallest absolute Gasteiger partial charge is 0.263 e. The van der Waals surface area contributed by atoms with E-state index in [1.807, 2.05) is 0 Å². The molecule has 0 unspecified atom stereocenters. The zero-order valence-corrected chi connectivity index (χ0v) is 12.2. The number of benzene rings is 1. The topological polar surface area (TPSA) is 29.1 Å². The fourth-order valence-corrected chi connectivity index (χ4v) is 3.80. The Morgan fingerprint density at radius 3 is 2.78 bits per heavy atom. The van der Waals surface area contributed by atoms with E-state index >= 15 is 0 Å². The third-order valence-electron chi connectivity index (χ3n) is 2.26. The molecule has 0 saturated carbocycles. The summed E-state index contributed by atoms with van der Waals surface area (Å²) in [6.07, 6.45) is 1.60. The molecule has 2 nitrogen and oxygen atoms in total. The van der Waals surface area contributed by atoms with E-state index in [-0.39, 0.29) is 5.91 Å². The van der Waals surface area contributed by atoms with Gasteiger partial charge in [0.1, 0.15) is 4.88 Å². The summed E-state index contributed by atoms with van der Waals surface area (Å²) >= 11 is 19.4. The molecule has 0 fully saturated rings. The molecule has 94 valence electrons. The Bertz CT molecular complexity index is 636. The third kappa shape index (κ3) is 2.50. The molecule has 0 radical (unpaired) electrons. The Kier molecular flexibility index (Phi) is 4.17. The number of fused-ring (bicyclic) bond motifs is 1. The minimum Gasteiger partial charge on any atom is -0.348 e. The lowest BCUT2D eigenvalue weighted by molar-refractivity contribution is 0.0962. The number of carbonyl (C=O) groups is 1. The van der Waals surface area contributed by atoms with E-state index in [9.17, 15) is 4.79 Å². The molecule has 2 aromatic rings. The number of hydrogen-bond acceptors (Lipinski definition) is 2.